The maximum absolute atomic E-state index is 13.0. The third kappa shape index (κ3) is 4.01. The summed E-state index contributed by atoms with van der Waals surface area (Å²) in [4.78, 5) is 21.0. The van der Waals surface area contributed by atoms with Gasteiger partial charge in [0.2, 0.25) is 12.7 Å². The van der Waals surface area contributed by atoms with Gasteiger partial charge in [-0.05, 0) is 55.0 Å². The molecule has 1 aliphatic heterocycles. The van der Waals surface area contributed by atoms with Crippen molar-refractivity contribution in [2.75, 3.05) is 17.4 Å². The van der Waals surface area contributed by atoms with Gasteiger partial charge < -0.3 is 20.1 Å². The Morgan fingerprint density at radius 1 is 1.07 bits per heavy atom. The predicted octanol–water partition coefficient (Wildman–Crippen LogP) is 3.52. The molecule has 1 amide bonds. The highest BCUT2D eigenvalue weighted by Crippen LogP contribution is 2.32. The van der Waals surface area contributed by atoms with Gasteiger partial charge in [-0.1, -0.05) is 6.07 Å². The first-order chi connectivity index (χ1) is 13.6. The molecule has 0 aliphatic carbocycles. The summed E-state index contributed by atoms with van der Waals surface area (Å²) in [7, 11) is 0. The van der Waals surface area contributed by atoms with Crippen molar-refractivity contribution in [3.8, 4) is 11.5 Å². The lowest BCUT2D eigenvalue weighted by Gasteiger charge is -2.09. The molecule has 2 N–H and O–H groups in total. The number of carbonyl (C=O) groups is 1. The van der Waals surface area contributed by atoms with Crippen LogP contribution in [-0.2, 0) is 6.54 Å². The summed E-state index contributed by atoms with van der Waals surface area (Å²) in [6.07, 6.45) is 0. The van der Waals surface area contributed by atoms with Crippen LogP contribution in [0.3, 0.4) is 0 Å². The first-order valence-electron chi connectivity index (χ1n) is 8.62. The summed E-state index contributed by atoms with van der Waals surface area (Å²) in [6.45, 7) is 2.46. The molecular formula is C20H17FN4O3. The molecule has 0 saturated carbocycles. The second kappa shape index (κ2) is 7.51. The molecule has 1 aliphatic rings. The number of fused-ring (bicyclic) bond motifs is 1. The average Bonchev–Trinajstić information content (AvgIpc) is 3.15. The molecule has 2 aromatic carbocycles. The van der Waals surface area contributed by atoms with Gasteiger partial charge in [-0.25, -0.2) is 14.4 Å². The highest BCUT2D eigenvalue weighted by atomic mass is 19.1. The minimum atomic E-state index is -0.400. The molecule has 0 fully saturated rings. The van der Waals surface area contributed by atoms with Crippen LogP contribution in [0.5, 0.6) is 11.5 Å². The second-order valence-electron chi connectivity index (χ2n) is 6.22. The third-order valence-corrected chi connectivity index (χ3v) is 4.08. The number of amides is 1. The van der Waals surface area contributed by atoms with Crippen molar-refractivity contribution in [3.63, 3.8) is 0 Å². The molecule has 0 bridgehead atoms. The highest BCUT2D eigenvalue weighted by molar-refractivity contribution is 6.03. The Bertz CT molecular complexity index is 1020. The number of hydrogen-bond donors (Lipinski definition) is 2. The number of nitrogens with zero attached hydrogens (tertiary/aromatic N) is 2. The second-order valence-corrected chi connectivity index (χ2v) is 6.22. The average molecular weight is 380 g/mol. The van der Waals surface area contributed by atoms with E-state index in [2.05, 4.69) is 20.6 Å². The van der Waals surface area contributed by atoms with Gasteiger partial charge in [-0.3, -0.25) is 4.79 Å². The fraction of sp³-hybridized carbons (Fsp3) is 0.150. The van der Waals surface area contributed by atoms with Gasteiger partial charge in [0.1, 0.15) is 11.5 Å². The van der Waals surface area contributed by atoms with Gasteiger partial charge in [0, 0.05) is 17.9 Å². The molecule has 2 heterocycles. The van der Waals surface area contributed by atoms with Gasteiger partial charge in [0.25, 0.3) is 5.91 Å². The number of aryl methyl sites for hydroxylation is 1. The Labute approximate surface area is 160 Å². The molecule has 4 rings (SSSR count). The first-order valence-corrected chi connectivity index (χ1v) is 8.62. The lowest BCUT2D eigenvalue weighted by atomic mass is 10.2. The fourth-order valence-corrected chi connectivity index (χ4v) is 2.72. The van der Waals surface area contributed by atoms with Crippen LogP contribution < -0.4 is 20.1 Å². The largest absolute Gasteiger partial charge is 0.454 e. The van der Waals surface area contributed by atoms with Gasteiger partial charge in [0.05, 0.1) is 0 Å². The maximum Gasteiger partial charge on any atom is 0.274 e. The van der Waals surface area contributed by atoms with Gasteiger partial charge >= 0.3 is 0 Å². The molecule has 28 heavy (non-hydrogen) atoms. The van der Waals surface area contributed by atoms with Crippen LogP contribution in [0.1, 0.15) is 21.7 Å². The number of hydrogen-bond acceptors (Lipinski definition) is 6. The smallest absolute Gasteiger partial charge is 0.274 e. The Morgan fingerprint density at radius 2 is 1.86 bits per heavy atom. The number of ether oxygens (including phenoxy) is 2. The number of rotatable bonds is 5. The van der Waals surface area contributed by atoms with E-state index in [1.54, 1.807) is 13.0 Å². The van der Waals surface area contributed by atoms with Gasteiger partial charge in [0.15, 0.2) is 11.5 Å². The molecule has 0 saturated heterocycles. The van der Waals surface area contributed by atoms with E-state index < -0.39 is 5.91 Å². The van der Waals surface area contributed by atoms with E-state index >= 15 is 0 Å². The standard InChI is InChI=1S/C20H17FN4O3/c1-12-8-16(19(26)24-15-5-3-14(21)4-6-15)25-20(23-12)22-10-13-2-7-17-18(9-13)28-11-27-17/h2-9H,10-11H2,1H3,(H,24,26)(H,22,23,25). The predicted molar refractivity (Wildman–Crippen MR) is 101 cm³/mol. The van der Waals surface area contributed by atoms with Crippen LogP contribution in [0.2, 0.25) is 0 Å². The van der Waals surface area contributed by atoms with Crippen LogP contribution in [0.25, 0.3) is 0 Å². The molecule has 1 aromatic heterocycles. The van der Waals surface area contributed by atoms with Crippen molar-refractivity contribution in [1.29, 1.82) is 0 Å². The molecule has 0 radical (unpaired) electrons. The summed E-state index contributed by atoms with van der Waals surface area (Å²) in [5, 5.41) is 5.80. The van der Waals surface area contributed by atoms with Crippen LogP contribution in [-0.4, -0.2) is 22.7 Å². The van der Waals surface area contributed by atoms with Crippen molar-refractivity contribution in [3.05, 3.63) is 71.3 Å². The summed E-state index contributed by atoms with van der Waals surface area (Å²) in [5.74, 6) is 0.982. The zero-order valence-electron chi connectivity index (χ0n) is 15.0. The molecule has 0 spiro atoms. The Kier molecular flexibility index (Phi) is 4.76. The quantitative estimate of drug-likeness (QED) is 0.705. The van der Waals surface area contributed by atoms with Crippen LogP contribution >= 0.6 is 0 Å². The first kappa shape index (κ1) is 17.7. The van der Waals surface area contributed by atoms with Gasteiger partial charge in [-0.2, -0.15) is 0 Å². The lowest BCUT2D eigenvalue weighted by molar-refractivity contribution is 0.102. The van der Waals surface area contributed by atoms with E-state index in [1.165, 1.54) is 24.3 Å². The molecule has 0 atom stereocenters. The number of halogens is 1. The zero-order valence-corrected chi connectivity index (χ0v) is 15.0. The number of anilines is 2. The third-order valence-electron chi connectivity index (χ3n) is 4.08. The van der Waals surface area contributed by atoms with E-state index in [-0.39, 0.29) is 18.3 Å². The zero-order chi connectivity index (χ0) is 19.5. The van der Waals surface area contributed by atoms with E-state index in [0.717, 1.165) is 11.3 Å². The molecule has 3 aromatic rings. The van der Waals surface area contributed by atoms with Gasteiger partial charge in [-0.15, -0.1) is 0 Å². The summed E-state index contributed by atoms with van der Waals surface area (Å²) in [5.41, 5.74) is 2.31. The number of carbonyl (C=O) groups excluding carboxylic acids is 1. The number of benzene rings is 2. The summed E-state index contributed by atoms with van der Waals surface area (Å²) >= 11 is 0. The van der Waals surface area contributed by atoms with E-state index in [0.29, 0.717) is 29.6 Å². The Morgan fingerprint density at radius 3 is 2.68 bits per heavy atom. The van der Waals surface area contributed by atoms with E-state index in [4.69, 9.17) is 9.47 Å². The van der Waals surface area contributed by atoms with E-state index in [1.807, 2.05) is 18.2 Å². The Hall–Kier alpha value is -3.68. The molecular weight excluding hydrogens is 363 g/mol. The van der Waals surface area contributed by atoms with Crippen molar-refractivity contribution >= 4 is 17.5 Å². The van der Waals surface area contributed by atoms with Crippen LogP contribution in [0, 0.1) is 12.7 Å². The lowest BCUT2D eigenvalue weighted by Crippen LogP contribution is -2.16. The Balaban J connectivity index is 1.45. The molecule has 8 heteroatoms. The highest BCUT2D eigenvalue weighted by Gasteiger charge is 2.14. The van der Waals surface area contributed by atoms with Crippen molar-refractivity contribution in [1.82, 2.24) is 9.97 Å². The maximum atomic E-state index is 13.0. The monoisotopic (exact) mass is 380 g/mol. The normalized spacial score (nSPS) is 11.9. The van der Waals surface area contributed by atoms with Crippen molar-refractivity contribution in [2.24, 2.45) is 0 Å². The van der Waals surface area contributed by atoms with Crippen LogP contribution in [0.15, 0.2) is 48.5 Å². The minimum absolute atomic E-state index is 0.213. The van der Waals surface area contributed by atoms with E-state index in [9.17, 15) is 9.18 Å². The summed E-state index contributed by atoms with van der Waals surface area (Å²) in [6, 6.07) is 12.8. The van der Waals surface area contributed by atoms with Crippen molar-refractivity contribution < 1.29 is 18.7 Å². The SMILES string of the molecule is Cc1cc(C(=O)Nc2ccc(F)cc2)nc(NCc2ccc3c(c2)OCO3)n1. The molecule has 7 nitrogen and oxygen atoms in total. The number of nitrogens with one attached hydrogen (secondary N) is 2. The number of aromatic nitrogens is 2. The summed E-state index contributed by atoms with van der Waals surface area (Å²) < 4.78 is 23.7. The minimum Gasteiger partial charge on any atom is -0.454 e. The van der Waals surface area contributed by atoms with Crippen LogP contribution in [0.4, 0.5) is 16.0 Å². The van der Waals surface area contributed by atoms with Crippen molar-refractivity contribution in [2.45, 2.75) is 13.5 Å². The molecule has 142 valence electrons. The fourth-order valence-electron chi connectivity index (χ4n) is 2.72. The molecule has 0 unspecified atom stereocenters. The topological polar surface area (TPSA) is 85.4 Å².